The average molecular weight is 142 g/mol. The van der Waals surface area contributed by atoms with Crippen LogP contribution >= 0.6 is 0 Å². The SMILES string of the molecule is CC(C)NC(C)CC[C]=O. The van der Waals surface area contributed by atoms with E-state index in [-0.39, 0.29) is 0 Å². The van der Waals surface area contributed by atoms with Crippen LogP contribution in [0, 0.1) is 0 Å². The van der Waals surface area contributed by atoms with Crippen molar-refractivity contribution in [2.45, 2.75) is 45.7 Å². The molecule has 0 aromatic rings. The number of hydrogen-bond donors (Lipinski definition) is 1. The summed E-state index contributed by atoms with van der Waals surface area (Å²) in [6, 6.07) is 0.933. The van der Waals surface area contributed by atoms with E-state index in [1.165, 1.54) is 0 Å². The van der Waals surface area contributed by atoms with Crippen molar-refractivity contribution in [3.8, 4) is 0 Å². The lowest BCUT2D eigenvalue weighted by Gasteiger charge is -2.14. The first-order valence-corrected chi connectivity index (χ1v) is 3.78. The van der Waals surface area contributed by atoms with Crippen molar-refractivity contribution in [3.05, 3.63) is 0 Å². The van der Waals surface area contributed by atoms with Gasteiger partial charge in [-0.15, -0.1) is 0 Å². The van der Waals surface area contributed by atoms with Crippen molar-refractivity contribution >= 4 is 6.29 Å². The van der Waals surface area contributed by atoms with Gasteiger partial charge in [0.15, 0.2) is 6.29 Å². The van der Waals surface area contributed by atoms with Crippen molar-refractivity contribution in [2.24, 2.45) is 0 Å². The Morgan fingerprint density at radius 1 is 1.40 bits per heavy atom. The summed E-state index contributed by atoms with van der Waals surface area (Å²) in [5.74, 6) is 0. The van der Waals surface area contributed by atoms with Crippen LogP contribution in [-0.2, 0) is 4.79 Å². The third kappa shape index (κ3) is 5.76. The van der Waals surface area contributed by atoms with Gasteiger partial charge in [0.25, 0.3) is 0 Å². The van der Waals surface area contributed by atoms with Gasteiger partial charge in [0.05, 0.1) is 0 Å². The van der Waals surface area contributed by atoms with Crippen LogP contribution in [0.1, 0.15) is 33.6 Å². The quantitative estimate of drug-likeness (QED) is 0.626. The number of rotatable bonds is 5. The molecule has 0 aromatic carbocycles. The van der Waals surface area contributed by atoms with Gasteiger partial charge < -0.3 is 5.32 Å². The Labute approximate surface area is 63.0 Å². The van der Waals surface area contributed by atoms with Crippen molar-refractivity contribution in [2.75, 3.05) is 0 Å². The first-order valence-electron chi connectivity index (χ1n) is 3.78. The Balaban J connectivity index is 3.24. The molecule has 0 spiro atoms. The summed E-state index contributed by atoms with van der Waals surface area (Å²) in [7, 11) is 0. The maximum atomic E-state index is 9.84. The second-order valence-electron chi connectivity index (χ2n) is 2.91. The summed E-state index contributed by atoms with van der Waals surface area (Å²) >= 11 is 0. The third-order valence-electron chi connectivity index (χ3n) is 1.30. The molecular weight excluding hydrogens is 126 g/mol. The number of nitrogens with one attached hydrogen (secondary N) is 1. The molecule has 0 aromatic heterocycles. The van der Waals surface area contributed by atoms with Crippen LogP contribution in [0.5, 0.6) is 0 Å². The molecule has 0 bridgehead atoms. The zero-order valence-electron chi connectivity index (χ0n) is 6.98. The van der Waals surface area contributed by atoms with E-state index in [1.54, 1.807) is 0 Å². The molecule has 1 unspecified atom stereocenters. The molecule has 1 N–H and O–H groups in total. The zero-order valence-corrected chi connectivity index (χ0v) is 6.98. The molecule has 2 nitrogen and oxygen atoms in total. The summed E-state index contributed by atoms with van der Waals surface area (Å²) in [6.45, 7) is 6.28. The minimum Gasteiger partial charge on any atom is -0.312 e. The molecule has 10 heavy (non-hydrogen) atoms. The van der Waals surface area contributed by atoms with Crippen LogP contribution in [0.4, 0.5) is 0 Å². The van der Waals surface area contributed by atoms with E-state index >= 15 is 0 Å². The largest absolute Gasteiger partial charge is 0.312 e. The molecule has 0 aliphatic heterocycles. The molecule has 0 aliphatic rings. The van der Waals surface area contributed by atoms with E-state index in [0.717, 1.165) is 6.42 Å². The van der Waals surface area contributed by atoms with Gasteiger partial charge in [-0.3, -0.25) is 4.79 Å². The lowest BCUT2D eigenvalue weighted by atomic mass is 10.2. The highest BCUT2D eigenvalue weighted by molar-refractivity contribution is 5.50. The molecule has 0 amide bonds. The van der Waals surface area contributed by atoms with Crippen LogP contribution in [0.3, 0.4) is 0 Å². The molecule has 0 heterocycles. The first kappa shape index (κ1) is 9.63. The van der Waals surface area contributed by atoms with Gasteiger partial charge in [-0.25, -0.2) is 0 Å². The van der Waals surface area contributed by atoms with Crippen LogP contribution in [0.25, 0.3) is 0 Å². The Morgan fingerprint density at radius 3 is 2.40 bits per heavy atom. The number of hydrogen-bond acceptors (Lipinski definition) is 2. The molecule has 59 valence electrons. The van der Waals surface area contributed by atoms with Crippen LogP contribution in [-0.4, -0.2) is 18.4 Å². The molecule has 0 fully saturated rings. The molecule has 0 aliphatic carbocycles. The summed E-state index contributed by atoms with van der Waals surface area (Å²) < 4.78 is 0. The number of carbonyl (C=O) groups excluding carboxylic acids is 1. The predicted molar refractivity (Wildman–Crippen MR) is 42.7 cm³/mol. The molecule has 0 saturated carbocycles. The van der Waals surface area contributed by atoms with Gasteiger partial charge in [-0.05, 0) is 13.3 Å². The Morgan fingerprint density at radius 2 is 2.00 bits per heavy atom. The topological polar surface area (TPSA) is 29.1 Å². The third-order valence-corrected chi connectivity index (χ3v) is 1.30. The second-order valence-corrected chi connectivity index (χ2v) is 2.91. The highest BCUT2D eigenvalue weighted by atomic mass is 16.1. The van der Waals surface area contributed by atoms with E-state index in [4.69, 9.17) is 0 Å². The summed E-state index contributed by atoms with van der Waals surface area (Å²) in [5.41, 5.74) is 0. The summed E-state index contributed by atoms with van der Waals surface area (Å²) in [5, 5.41) is 3.30. The molecule has 1 radical (unpaired) electrons. The summed E-state index contributed by atoms with van der Waals surface area (Å²) in [4.78, 5) is 9.84. The van der Waals surface area contributed by atoms with Gasteiger partial charge in [-0.2, -0.15) is 0 Å². The monoisotopic (exact) mass is 142 g/mol. The minimum atomic E-state index is 0.432. The highest BCUT2D eigenvalue weighted by Crippen LogP contribution is 1.94. The maximum Gasteiger partial charge on any atom is 0.198 e. The molecule has 0 saturated heterocycles. The van der Waals surface area contributed by atoms with Gasteiger partial charge >= 0.3 is 0 Å². The molecule has 0 rings (SSSR count). The smallest absolute Gasteiger partial charge is 0.198 e. The fourth-order valence-corrected chi connectivity index (χ4v) is 0.928. The van der Waals surface area contributed by atoms with Crippen molar-refractivity contribution in [3.63, 3.8) is 0 Å². The van der Waals surface area contributed by atoms with E-state index in [0.29, 0.717) is 18.5 Å². The summed E-state index contributed by atoms with van der Waals surface area (Å²) in [6.07, 6.45) is 3.31. The minimum absolute atomic E-state index is 0.432. The Kier molecular flexibility index (Phi) is 5.22. The lowest BCUT2D eigenvalue weighted by Crippen LogP contribution is -2.32. The maximum absolute atomic E-state index is 9.84. The van der Waals surface area contributed by atoms with Crippen molar-refractivity contribution in [1.82, 2.24) is 5.32 Å². The van der Waals surface area contributed by atoms with Crippen LogP contribution < -0.4 is 5.32 Å². The van der Waals surface area contributed by atoms with Crippen LogP contribution in [0.15, 0.2) is 0 Å². The average Bonchev–Trinajstić information content (AvgIpc) is 1.82. The molecule has 1 atom stereocenters. The fourth-order valence-electron chi connectivity index (χ4n) is 0.928. The lowest BCUT2D eigenvalue weighted by molar-refractivity contribution is 0.464. The first-order chi connectivity index (χ1) is 4.66. The normalized spacial score (nSPS) is 13.6. The van der Waals surface area contributed by atoms with Crippen molar-refractivity contribution < 1.29 is 4.79 Å². The van der Waals surface area contributed by atoms with Gasteiger partial charge in [0, 0.05) is 18.5 Å². The van der Waals surface area contributed by atoms with Gasteiger partial charge in [0.1, 0.15) is 0 Å². The fraction of sp³-hybridized carbons (Fsp3) is 0.875. The molecule has 2 heteroatoms. The van der Waals surface area contributed by atoms with E-state index in [1.807, 2.05) is 6.29 Å². The van der Waals surface area contributed by atoms with Crippen molar-refractivity contribution in [1.29, 1.82) is 0 Å². The van der Waals surface area contributed by atoms with Crippen LogP contribution in [0.2, 0.25) is 0 Å². The van der Waals surface area contributed by atoms with E-state index in [9.17, 15) is 4.79 Å². The predicted octanol–water partition coefficient (Wildman–Crippen LogP) is 1.26. The molecular formula is C8H16NO. The van der Waals surface area contributed by atoms with Gasteiger partial charge in [-0.1, -0.05) is 13.8 Å². The second kappa shape index (κ2) is 5.42. The highest BCUT2D eigenvalue weighted by Gasteiger charge is 2.01. The van der Waals surface area contributed by atoms with Gasteiger partial charge in [0.2, 0.25) is 0 Å². The van der Waals surface area contributed by atoms with E-state index < -0.39 is 0 Å². The standard InChI is InChI=1S/C8H16NO/c1-7(2)9-8(3)5-4-6-10/h7-9H,4-5H2,1-3H3. The zero-order chi connectivity index (χ0) is 7.98. The Hall–Kier alpha value is -0.370. The Bertz CT molecular complexity index is 91.3. The van der Waals surface area contributed by atoms with E-state index in [2.05, 4.69) is 26.1 Å².